The van der Waals surface area contributed by atoms with Crippen LogP contribution in [0.2, 0.25) is 5.02 Å². The molecule has 2 heterocycles. The number of nitrogens with zero attached hydrogens (tertiary/aromatic N) is 2. The first-order valence-corrected chi connectivity index (χ1v) is 8.08. The van der Waals surface area contributed by atoms with E-state index in [1.54, 1.807) is 24.5 Å². The molecule has 24 heavy (non-hydrogen) atoms. The van der Waals surface area contributed by atoms with E-state index in [1.807, 2.05) is 6.92 Å². The molecule has 2 aromatic heterocycles. The van der Waals surface area contributed by atoms with Gasteiger partial charge in [-0.25, -0.2) is 14.6 Å². The van der Waals surface area contributed by atoms with Crippen LogP contribution in [-0.4, -0.2) is 41.2 Å². The molecule has 130 valence electrons. The lowest BCUT2D eigenvalue weighted by molar-refractivity contribution is 0.0508. The molecule has 8 heteroatoms. The summed E-state index contributed by atoms with van der Waals surface area (Å²) >= 11 is 6.37. The average Bonchev–Trinajstić information content (AvgIpc) is 2.87. The number of pyridine rings is 1. The SMILES string of the molecule is CCOC(=O)c1ccc2c(Cl)c(C(=O)OCC)n([C@H](C)CN)c2n1. The van der Waals surface area contributed by atoms with Gasteiger partial charge in [-0.05, 0) is 32.9 Å². The van der Waals surface area contributed by atoms with Crippen molar-refractivity contribution in [3.63, 3.8) is 0 Å². The van der Waals surface area contributed by atoms with Gasteiger partial charge >= 0.3 is 11.9 Å². The van der Waals surface area contributed by atoms with Gasteiger partial charge in [-0.1, -0.05) is 11.6 Å². The Kier molecular flexibility index (Phi) is 5.80. The monoisotopic (exact) mass is 353 g/mol. The molecule has 2 N–H and O–H groups in total. The normalized spacial score (nSPS) is 12.2. The Morgan fingerprint density at radius 3 is 2.46 bits per heavy atom. The number of esters is 2. The Bertz CT molecular complexity index is 772. The van der Waals surface area contributed by atoms with E-state index in [0.717, 1.165) is 0 Å². The summed E-state index contributed by atoms with van der Waals surface area (Å²) in [4.78, 5) is 28.6. The van der Waals surface area contributed by atoms with Crippen LogP contribution < -0.4 is 5.73 Å². The van der Waals surface area contributed by atoms with Crippen molar-refractivity contribution in [2.24, 2.45) is 5.73 Å². The second kappa shape index (κ2) is 7.63. The molecule has 0 aliphatic heterocycles. The highest BCUT2D eigenvalue weighted by Crippen LogP contribution is 2.33. The van der Waals surface area contributed by atoms with Gasteiger partial charge in [-0.2, -0.15) is 0 Å². The number of aromatic nitrogens is 2. The zero-order valence-electron chi connectivity index (χ0n) is 13.8. The molecule has 2 rings (SSSR count). The number of fused-ring (bicyclic) bond motifs is 1. The molecule has 0 saturated carbocycles. The van der Waals surface area contributed by atoms with Crippen molar-refractivity contribution in [2.45, 2.75) is 26.8 Å². The highest BCUT2D eigenvalue weighted by atomic mass is 35.5. The van der Waals surface area contributed by atoms with Crippen LogP contribution in [0.4, 0.5) is 0 Å². The van der Waals surface area contributed by atoms with Gasteiger partial charge in [-0.3, -0.25) is 0 Å². The van der Waals surface area contributed by atoms with Crippen molar-refractivity contribution < 1.29 is 19.1 Å². The summed E-state index contributed by atoms with van der Waals surface area (Å²) in [6.45, 7) is 5.98. The van der Waals surface area contributed by atoms with Gasteiger partial charge in [0.25, 0.3) is 0 Å². The van der Waals surface area contributed by atoms with E-state index in [2.05, 4.69) is 4.98 Å². The summed E-state index contributed by atoms with van der Waals surface area (Å²) in [7, 11) is 0. The molecule has 7 nitrogen and oxygen atoms in total. The molecule has 0 amide bonds. The molecule has 0 aromatic carbocycles. The van der Waals surface area contributed by atoms with E-state index in [9.17, 15) is 9.59 Å². The second-order valence-electron chi connectivity index (χ2n) is 5.13. The van der Waals surface area contributed by atoms with Gasteiger partial charge in [0.1, 0.15) is 11.3 Å². The van der Waals surface area contributed by atoms with E-state index >= 15 is 0 Å². The Balaban J connectivity index is 2.71. The van der Waals surface area contributed by atoms with E-state index in [-0.39, 0.29) is 42.2 Å². The predicted octanol–water partition coefficient (Wildman–Crippen LogP) is 2.56. The van der Waals surface area contributed by atoms with Crippen LogP contribution in [0.25, 0.3) is 11.0 Å². The molecule has 0 fully saturated rings. The molecule has 1 atom stereocenters. The summed E-state index contributed by atoms with van der Waals surface area (Å²) in [6, 6.07) is 2.89. The number of hydrogen-bond donors (Lipinski definition) is 1. The van der Waals surface area contributed by atoms with Crippen molar-refractivity contribution in [3.05, 3.63) is 28.5 Å². The maximum Gasteiger partial charge on any atom is 0.356 e. The largest absolute Gasteiger partial charge is 0.461 e. The topological polar surface area (TPSA) is 96.4 Å². The first-order chi connectivity index (χ1) is 11.5. The fourth-order valence-electron chi connectivity index (χ4n) is 2.38. The lowest BCUT2D eigenvalue weighted by Crippen LogP contribution is -2.22. The fourth-order valence-corrected chi connectivity index (χ4v) is 2.70. The summed E-state index contributed by atoms with van der Waals surface area (Å²) in [5.74, 6) is -1.10. The fraction of sp³-hybridized carbons (Fsp3) is 0.438. The number of carbonyl (C=O) groups is 2. The number of carbonyl (C=O) groups excluding carboxylic acids is 2. The first-order valence-electron chi connectivity index (χ1n) is 7.70. The van der Waals surface area contributed by atoms with Crippen LogP contribution in [0.1, 0.15) is 47.8 Å². The second-order valence-corrected chi connectivity index (χ2v) is 5.50. The molecular formula is C16H20ClN3O4. The average molecular weight is 354 g/mol. The smallest absolute Gasteiger partial charge is 0.356 e. The van der Waals surface area contributed by atoms with E-state index in [0.29, 0.717) is 11.0 Å². The van der Waals surface area contributed by atoms with Crippen LogP contribution in [0.3, 0.4) is 0 Å². The van der Waals surface area contributed by atoms with Crippen molar-refractivity contribution in [3.8, 4) is 0 Å². The number of ether oxygens (including phenoxy) is 2. The minimum absolute atomic E-state index is 0.138. The minimum atomic E-state index is -0.557. The van der Waals surface area contributed by atoms with Crippen LogP contribution in [0.5, 0.6) is 0 Å². The maximum atomic E-state index is 12.3. The van der Waals surface area contributed by atoms with Gasteiger partial charge in [-0.15, -0.1) is 0 Å². The third-order valence-electron chi connectivity index (χ3n) is 3.52. The standard InChI is InChI=1S/C16H20ClN3O4/c1-4-23-15(21)11-7-6-10-12(17)13(16(22)24-5-2)20(9(3)8-18)14(10)19-11/h6-7,9H,4-5,8,18H2,1-3H3/t9-/m1/s1. The minimum Gasteiger partial charge on any atom is -0.461 e. The van der Waals surface area contributed by atoms with Crippen molar-refractivity contribution in [2.75, 3.05) is 19.8 Å². The quantitative estimate of drug-likeness (QED) is 0.802. The van der Waals surface area contributed by atoms with Crippen LogP contribution in [0, 0.1) is 0 Å². The molecular weight excluding hydrogens is 334 g/mol. The van der Waals surface area contributed by atoms with E-state index in [1.165, 1.54) is 6.07 Å². The van der Waals surface area contributed by atoms with E-state index < -0.39 is 11.9 Å². The molecule has 0 spiro atoms. The Hall–Kier alpha value is -2.12. The predicted molar refractivity (Wildman–Crippen MR) is 90.4 cm³/mol. The Labute approximate surface area is 144 Å². The van der Waals surface area contributed by atoms with Gasteiger partial charge in [0.2, 0.25) is 0 Å². The molecule has 0 aliphatic carbocycles. The van der Waals surface area contributed by atoms with Crippen LogP contribution in [-0.2, 0) is 9.47 Å². The zero-order chi connectivity index (χ0) is 17.9. The number of nitrogens with two attached hydrogens (primary N) is 1. The summed E-state index contributed by atoms with van der Waals surface area (Å²) in [5, 5.41) is 0.778. The molecule has 0 aliphatic rings. The molecule has 0 saturated heterocycles. The lowest BCUT2D eigenvalue weighted by Gasteiger charge is -2.16. The van der Waals surface area contributed by atoms with Crippen molar-refractivity contribution in [1.29, 1.82) is 0 Å². The van der Waals surface area contributed by atoms with Gasteiger partial charge in [0.05, 0.1) is 18.2 Å². The Morgan fingerprint density at radius 2 is 1.88 bits per heavy atom. The molecule has 0 radical (unpaired) electrons. The highest BCUT2D eigenvalue weighted by Gasteiger charge is 2.27. The third kappa shape index (κ3) is 3.22. The summed E-state index contributed by atoms with van der Waals surface area (Å²) in [5.41, 5.74) is 6.47. The summed E-state index contributed by atoms with van der Waals surface area (Å²) < 4.78 is 11.7. The first kappa shape index (κ1) is 18.2. The number of halogens is 1. The van der Waals surface area contributed by atoms with Gasteiger partial charge in [0, 0.05) is 18.0 Å². The third-order valence-corrected chi connectivity index (χ3v) is 3.91. The molecule has 0 bridgehead atoms. The Morgan fingerprint density at radius 1 is 1.25 bits per heavy atom. The van der Waals surface area contributed by atoms with Gasteiger partial charge < -0.3 is 19.8 Å². The van der Waals surface area contributed by atoms with Crippen LogP contribution >= 0.6 is 11.6 Å². The van der Waals surface area contributed by atoms with E-state index in [4.69, 9.17) is 26.8 Å². The molecule has 2 aromatic rings. The molecule has 0 unspecified atom stereocenters. The highest BCUT2D eigenvalue weighted by molar-refractivity contribution is 6.38. The summed E-state index contributed by atoms with van der Waals surface area (Å²) in [6.07, 6.45) is 0. The number of hydrogen-bond acceptors (Lipinski definition) is 6. The van der Waals surface area contributed by atoms with Gasteiger partial charge in [0.15, 0.2) is 5.69 Å². The van der Waals surface area contributed by atoms with Crippen molar-refractivity contribution in [1.82, 2.24) is 9.55 Å². The number of rotatable bonds is 6. The van der Waals surface area contributed by atoms with Crippen LogP contribution in [0.15, 0.2) is 12.1 Å². The lowest BCUT2D eigenvalue weighted by atomic mass is 10.3. The van der Waals surface area contributed by atoms with Crippen molar-refractivity contribution >= 4 is 34.6 Å². The zero-order valence-corrected chi connectivity index (χ0v) is 14.6. The maximum absolute atomic E-state index is 12.3.